The van der Waals surface area contributed by atoms with Crippen LogP contribution in [0, 0.1) is 0 Å². The molecule has 0 radical (unpaired) electrons. The van der Waals surface area contributed by atoms with Crippen molar-refractivity contribution in [3.05, 3.63) is 28.0 Å². The number of thiophene rings is 1. The number of hydrogen-bond donors (Lipinski definition) is 0. The van der Waals surface area contributed by atoms with Crippen molar-refractivity contribution in [3.8, 4) is 0 Å². The molecule has 0 bridgehead atoms. The fourth-order valence-electron chi connectivity index (χ4n) is 0.799. The standard InChI is InChI=1S/C9H8O3S/c1-12-9(11)7-5-8(13-6-7)3-2-4-10/h2-6H,1H3/b3-2+. The van der Waals surface area contributed by atoms with E-state index in [9.17, 15) is 9.59 Å². The summed E-state index contributed by atoms with van der Waals surface area (Å²) in [5.74, 6) is -0.359. The molecule has 0 aliphatic heterocycles. The van der Waals surface area contributed by atoms with E-state index in [1.807, 2.05) is 0 Å². The van der Waals surface area contributed by atoms with Crippen molar-refractivity contribution in [2.24, 2.45) is 0 Å². The first-order valence-corrected chi connectivity index (χ1v) is 4.44. The first-order valence-electron chi connectivity index (χ1n) is 3.56. The van der Waals surface area contributed by atoms with Crippen molar-refractivity contribution < 1.29 is 14.3 Å². The van der Waals surface area contributed by atoms with Gasteiger partial charge in [0, 0.05) is 10.3 Å². The molecule has 0 atom stereocenters. The average Bonchev–Trinajstić information content (AvgIpc) is 2.62. The Morgan fingerprint density at radius 1 is 1.62 bits per heavy atom. The number of hydrogen-bond acceptors (Lipinski definition) is 4. The molecule has 0 unspecified atom stereocenters. The second kappa shape index (κ2) is 4.57. The average molecular weight is 196 g/mol. The molecule has 0 saturated carbocycles. The minimum absolute atomic E-state index is 0.359. The molecule has 0 aromatic carbocycles. The zero-order valence-corrected chi connectivity index (χ0v) is 7.84. The zero-order valence-electron chi connectivity index (χ0n) is 7.02. The van der Waals surface area contributed by atoms with Gasteiger partial charge in [-0.05, 0) is 18.2 Å². The third-order valence-electron chi connectivity index (χ3n) is 1.38. The first-order chi connectivity index (χ1) is 6.27. The van der Waals surface area contributed by atoms with Gasteiger partial charge in [-0.2, -0.15) is 0 Å². The molecule has 0 amide bonds. The summed E-state index contributed by atoms with van der Waals surface area (Å²) < 4.78 is 4.53. The van der Waals surface area contributed by atoms with Gasteiger partial charge >= 0.3 is 5.97 Å². The van der Waals surface area contributed by atoms with Crippen LogP contribution in [0.4, 0.5) is 0 Å². The highest BCUT2D eigenvalue weighted by Gasteiger charge is 2.06. The van der Waals surface area contributed by atoms with Crippen molar-refractivity contribution in [2.45, 2.75) is 0 Å². The summed E-state index contributed by atoms with van der Waals surface area (Å²) in [5.41, 5.74) is 0.512. The summed E-state index contributed by atoms with van der Waals surface area (Å²) in [6.07, 6.45) is 3.72. The van der Waals surface area contributed by atoms with E-state index in [4.69, 9.17) is 0 Å². The summed E-state index contributed by atoms with van der Waals surface area (Å²) >= 11 is 1.39. The van der Waals surface area contributed by atoms with E-state index in [0.717, 1.165) is 4.88 Å². The van der Waals surface area contributed by atoms with E-state index >= 15 is 0 Å². The lowest BCUT2D eigenvalue weighted by atomic mass is 10.3. The van der Waals surface area contributed by atoms with Crippen molar-refractivity contribution >= 4 is 29.7 Å². The minimum atomic E-state index is -0.359. The summed E-state index contributed by atoms with van der Waals surface area (Å²) in [4.78, 5) is 21.8. The molecule has 0 aliphatic rings. The van der Waals surface area contributed by atoms with Gasteiger partial charge in [-0.3, -0.25) is 4.79 Å². The van der Waals surface area contributed by atoms with Crippen LogP contribution in [0.15, 0.2) is 17.5 Å². The maximum absolute atomic E-state index is 11.0. The quantitative estimate of drug-likeness (QED) is 0.420. The molecule has 1 aromatic rings. The first kappa shape index (κ1) is 9.67. The number of rotatable bonds is 3. The fraction of sp³-hybridized carbons (Fsp3) is 0.111. The Kier molecular flexibility index (Phi) is 3.40. The van der Waals surface area contributed by atoms with Gasteiger partial charge in [0.05, 0.1) is 12.7 Å². The molecule has 0 spiro atoms. The largest absolute Gasteiger partial charge is 0.465 e. The number of carbonyl (C=O) groups is 2. The van der Waals surface area contributed by atoms with Crippen LogP contribution in [0.3, 0.4) is 0 Å². The molecule has 0 aliphatic carbocycles. The number of aldehydes is 1. The topological polar surface area (TPSA) is 43.4 Å². The SMILES string of the molecule is COC(=O)c1csc(/C=C/C=O)c1. The number of carbonyl (C=O) groups excluding carboxylic acids is 2. The lowest BCUT2D eigenvalue weighted by Gasteiger charge is -1.91. The Morgan fingerprint density at radius 2 is 2.38 bits per heavy atom. The van der Waals surface area contributed by atoms with Crippen LogP contribution in [0.2, 0.25) is 0 Å². The zero-order chi connectivity index (χ0) is 9.68. The summed E-state index contributed by atoms with van der Waals surface area (Å²) in [7, 11) is 1.33. The van der Waals surface area contributed by atoms with Crippen molar-refractivity contribution in [3.63, 3.8) is 0 Å². The highest BCUT2D eigenvalue weighted by Crippen LogP contribution is 2.16. The third kappa shape index (κ3) is 2.52. The highest BCUT2D eigenvalue weighted by atomic mass is 32.1. The molecular formula is C9H8O3S. The van der Waals surface area contributed by atoms with Gasteiger partial charge < -0.3 is 4.74 Å². The Balaban J connectivity index is 2.80. The van der Waals surface area contributed by atoms with Crippen LogP contribution >= 0.6 is 11.3 Å². The van der Waals surface area contributed by atoms with Gasteiger partial charge in [0.2, 0.25) is 0 Å². The Labute approximate surface area is 79.6 Å². The molecule has 0 fully saturated rings. The predicted molar refractivity (Wildman–Crippen MR) is 50.8 cm³/mol. The monoisotopic (exact) mass is 196 g/mol. The number of ether oxygens (including phenoxy) is 1. The van der Waals surface area contributed by atoms with Gasteiger partial charge in [0.15, 0.2) is 0 Å². The highest BCUT2D eigenvalue weighted by molar-refractivity contribution is 7.11. The number of methoxy groups -OCH3 is 1. The van der Waals surface area contributed by atoms with E-state index < -0.39 is 0 Å². The molecule has 0 N–H and O–H groups in total. The molecule has 68 valence electrons. The third-order valence-corrected chi connectivity index (χ3v) is 2.28. The maximum Gasteiger partial charge on any atom is 0.338 e. The minimum Gasteiger partial charge on any atom is -0.465 e. The number of allylic oxidation sites excluding steroid dienone is 1. The lowest BCUT2D eigenvalue weighted by Crippen LogP contribution is -1.97. The van der Waals surface area contributed by atoms with Crippen LogP contribution in [-0.4, -0.2) is 19.4 Å². The molecule has 1 rings (SSSR count). The molecule has 0 saturated heterocycles. The molecule has 3 nitrogen and oxygen atoms in total. The molecule has 4 heteroatoms. The predicted octanol–water partition coefficient (Wildman–Crippen LogP) is 1.75. The molecule has 1 aromatic heterocycles. The number of esters is 1. The van der Waals surface area contributed by atoms with E-state index in [0.29, 0.717) is 11.8 Å². The molecule has 13 heavy (non-hydrogen) atoms. The lowest BCUT2D eigenvalue weighted by molar-refractivity contribution is -0.104. The van der Waals surface area contributed by atoms with Gasteiger partial charge in [0.1, 0.15) is 6.29 Å². The van der Waals surface area contributed by atoms with Crippen molar-refractivity contribution in [1.29, 1.82) is 0 Å². The van der Waals surface area contributed by atoms with E-state index in [-0.39, 0.29) is 5.97 Å². The second-order valence-corrected chi connectivity index (χ2v) is 3.17. The normalized spacial score (nSPS) is 10.2. The maximum atomic E-state index is 11.0. The van der Waals surface area contributed by atoms with E-state index in [1.165, 1.54) is 24.5 Å². The van der Waals surface area contributed by atoms with Gasteiger partial charge in [-0.25, -0.2) is 4.79 Å². The van der Waals surface area contributed by atoms with E-state index in [2.05, 4.69) is 4.74 Å². The Hall–Kier alpha value is -1.42. The van der Waals surface area contributed by atoms with Gasteiger partial charge in [-0.1, -0.05) is 0 Å². The summed E-state index contributed by atoms with van der Waals surface area (Å²) in [5, 5.41) is 1.69. The van der Waals surface area contributed by atoms with Crippen LogP contribution in [0.1, 0.15) is 15.2 Å². The Bertz CT molecular complexity index is 338. The second-order valence-electron chi connectivity index (χ2n) is 2.22. The van der Waals surface area contributed by atoms with Crippen LogP contribution in [0.25, 0.3) is 6.08 Å². The molecular weight excluding hydrogens is 188 g/mol. The van der Waals surface area contributed by atoms with Crippen molar-refractivity contribution in [2.75, 3.05) is 7.11 Å². The van der Waals surface area contributed by atoms with E-state index in [1.54, 1.807) is 17.5 Å². The fourth-order valence-corrected chi connectivity index (χ4v) is 1.58. The smallest absolute Gasteiger partial charge is 0.338 e. The van der Waals surface area contributed by atoms with Gasteiger partial charge in [-0.15, -0.1) is 11.3 Å². The van der Waals surface area contributed by atoms with Crippen molar-refractivity contribution in [1.82, 2.24) is 0 Å². The summed E-state index contributed by atoms with van der Waals surface area (Å²) in [6, 6.07) is 1.68. The van der Waals surface area contributed by atoms with Crippen LogP contribution in [0.5, 0.6) is 0 Å². The summed E-state index contributed by atoms with van der Waals surface area (Å²) in [6.45, 7) is 0. The molecule has 1 heterocycles. The van der Waals surface area contributed by atoms with Crippen LogP contribution in [-0.2, 0) is 9.53 Å². The van der Waals surface area contributed by atoms with Crippen LogP contribution < -0.4 is 0 Å². The Morgan fingerprint density at radius 3 is 3.00 bits per heavy atom. The van der Waals surface area contributed by atoms with Gasteiger partial charge in [0.25, 0.3) is 0 Å².